The van der Waals surface area contributed by atoms with Crippen LogP contribution in [-0.2, 0) is 0 Å². The molecule has 0 saturated heterocycles. The van der Waals surface area contributed by atoms with Gasteiger partial charge >= 0.3 is 5.97 Å². The number of thiazole rings is 1. The number of carboxylic acid groups (broad SMARTS) is 1. The summed E-state index contributed by atoms with van der Waals surface area (Å²) in [7, 11) is 3.00. The molecule has 1 N–H and O–H groups in total. The number of ether oxygens (including phenoxy) is 2. The molecule has 0 spiro atoms. The molecule has 5 nitrogen and oxygen atoms in total. The Hall–Kier alpha value is -1.79. The summed E-state index contributed by atoms with van der Waals surface area (Å²) in [5.74, 6) is -0.158. The standard InChI is InChI=1S/C12H10ClNO4S/c1-17-9-4-6(3-7(13)10(9)18-2)11-14-8(5-19-11)12(15)16/h3-5H,1-2H3,(H,15,16). The molecule has 0 radical (unpaired) electrons. The molecule has 0 aliphatic heterocycles. The van der Waals surface area contributed by atoms with Gasteiger partial charge in [-0.05, 0) is 12.1 Å². The van der Waals surface area contributed by atoms with Gasteiger partial charge in [0.25, 0.3) is 0 Å². The van der Waals surface area contributed by atoms with Crippen molar-refractivity contribution in [3.63, 3.8) is 0 Å². The number of benzene rings is 1. The fourth-order valence-electron chi connectivity index (χ4n) is 1.55. The number of aromatic carboxylic acids is 1. The Morgan fingerprint density at radius 3 is 2.63 bits per heavy atom. The smallest absolute Gasteiger partial charge is 0.355 e. The molecule has 1 aromatic carbocycles. The minimum atomic E-state index is -1.06. The van der Waals surface area contributed by atoms with Crippen molar-refractivity contribution < 1.29 is 19.4 Å². The normalized spacial score (nSPS) is 10.3. The van der Waals surface area contributed by atoms with Crippen LogP contribution in [0.5, 0.6) is 11.5 Å². The largest absolute Gasteiger partial charge is 0.493 e. The highest BCUT2D eigenvalue weighted by atomic mass is 35.5. The molecule has 1 heterocycles. The first-order valence-electron chi connectivity index (χ1n) is 5.17. The maximum absolute atomic E-state index is 10.8. The van der Waals surface area contributed by atoms with Crippen molar-refractivity contribution in [1.82, 2.24) is 4.98 Å². The van der Waals surface area contributed by atoms with Crippen LogP contribution in [0.4, 0.5) is 0 Å². The van der Waals surface area contributed by atoms with Gasteiger partial charge in [-0.1, -0.05) is 11.6 Å². The molecule has 7 heteroatoms. The van der Waals surface area contributed by atoms with Crippen molar-refractivity contribution in [2.45, 2.75) is 0 Å². The number of nitrogens with zero attached hydrogens (tertiary/aromatic N) is 1. The Bertz CT molecular complexity index is 626. The summed E-state index contributed by atoms with van der Waals surface area (Å²) in [6.07, 6.45) is 0. The zero-order valence-corrected chi connectivity index (χ0v) is 11.7. The van der Waals surface area contributed by atoms with Gasteiger partial charge < -0.3 is 14.6 Å². The number of halogens is 1. The Kier molecular flexibility index (Phi) is 3.92. The lowest BCUT2D eigenvalue weighted by molar-refractivity contribution is 0.0691. The van der Waals surface area contributed by atoms with Crippen LogP contribution in [0.2, 0.25) is 5.02 Å². The van der Waals surface area contributed by atoms with Crippen molar-refractivity contribution >= 4 is 28.9 Å². The van der Waals surface area contributed by atoms with E-state index in [4.69, 9.17) is 26.2 Å². The average Bonchev–Trinajstić information content (AvgIpc) is 2.87. The Morgan fingerprint density at radius 1 is 1.37 bits per heavy atom. The van der Waals surface area contributed by atoms with E-state index < -0.39 is 5.97 Å². The highest BCUT2D eigenvalue weighted by molar-refractivity contribution is 7.13. The molecular formula is C12H10ClNO4S. The summed E-state index contributed by atoms with van der Waals surface area (Å²) in [6, 6.07) is 3.36. The van der Waals surface area contributed by atoms with Gasteiger partial charge in [0.15, 0.2) is 17.2 Å². The summed E-state index contributed by atoms with van der Waals surface area (Å²) >= 11 is 7.31. The number of rotatable bonds is 4. The molecule has 100 valence electrons. The Balaban J connectivity index is 2.50. The molecule has 2 rings (SSSR count). The zero-order valence-electron chi connectivity index (χ0n) is 10.1. The van der Waals surface area contributed by atoms with Gasteiger partial charge in [0.1, 0.15) is 5.01 Å². The van der Waals surface area contributed by atoms with E-state index in [-0.39, 0.29) is 5.69 Å². The number of methoxy groups -OCH3 is 2. The van der Waals surface area contributed by atoms with Gasteiger partial charge in [-0.2, -0.15) is 0 Å². The van der Waals surface area contributed by atoms with Crippen LogP contribution in [0.25, 0.3) is 10.6 Å². The first kappa shape index (κ1) is 13.6. The SMILES string of the molecule is COc1cc(-c2nc(C(=O)O)cs2)cc(Cl)c1OC. The van der Waals surface area contributed by atoms with Crippen molar-refractivity contribution in [2.75, 3.05) is 14.2 Å². The molecule has 1 aromatic heterocycles. The van der Waals surface area contributed by atoms with E-state index in [1.54, 1.807) is 12.1 Å². The summed E-state index contributed by atoms with van der Waals surface area (Å²) < 4.78 is 10.3. The van der Waals surface area contributed by atoms with Crippen molar-refractivity contribution in [3.8, 4) is 22.1 Å². The molecule has 0 aliphatic carbocycles. The zero-order chi connectivity index (χ0) is 14.0. The molecule has 0 aliphatic rings. The van der Waals surface area contributed by atoms with Crippen LogP contribution in [0.15, 0.2) is 17.5 Å². The highest BCUT2D eigenvalue weighted by Gasteiger charge is 2.15. The lowest BCUT2D eigenvalue weighted by atomic mass is 10.2. The number of aromatic nitrogens is 1. The van der Waals surface area contributed by atoms with E-state index in [2.05, 4.69) is 4.98 Å². The Morgan fingerprint density at radius 2 is 2.11 bits per heavy atom. The van der Waals surface area contributed by atoms with Crippen LogP contribution in [0, 0.1) is 0 Å². The maximum Gasteiger partial charge on any atom is 0.355 e. The van der Waals surface area contributed by atoms with Gasteiger partial charge in [0.2, 0.25) is 0 Å². The van der Waals surface area contributed by atoms with E-state index in [1.807, 2.05) is 0 Å². The van der Waals surface area contributed by atoms with Gasteiger partial charge in [-0.15, -0.1) is 11.3 Å². The molecule has 0 fully saturated rings. The van der Waals surface area contributed by atoms with Crippen molar-refractivity contribution in [3.05, 3.63) is 28.2 Å². The second kappa shape index (κ2) is 5.46. The molecule has 0 unspecified atom stereocenters. The third-order valence-electron chi connectivity index (χ3n) is 2.40. The average molecular weight is 300 g/mol. The predicted molar refractivity (Wildman–Crippen MR) is 72.6 cm³/mol. The van der Waals surface area contributed by atoms with E-state index in [0.717, 1.165) is 0 Å². The summed E-state index contributed by atoms with van der Waals surface area (Å²) in [5, 5.41) is 11.3. The van der Waals surface area contributed by atoms with Gasteiger partial charge in [-0.3, -0.25) is 0 Å². The highest BCUT2D eigenvalue weighted by Crippen LogP contribution is 2.39. The molecule has 2 aromatic rings. The summed E-state index contributed by atoms with van der Waals surface area (Å²) in [6.45, 7) is 0. The number of carbonyl (C=O) groups is 1. The molecule has 19 heavy (non-hydrogen) atoms. The fraction of sp³-hybridized carbons (Fsp3) is 0.167. The lowest BCUT2D eigenvalue weighted by Crippen LogP contribution is -1.96. The minimum Gasteiger partial charge on any atom is -0.493 e. The Labute approximate surface area is 118 Å². The topological polar surface area (TPSA) is 68.7 Å². The maximum atomic E-state index is 10.8. The van der Waals surface area contributed by atoms with E-state index in [0.29, 0.717) is 27.1 Å². The fourth-order valence-corrected chi connectivity index (χ4v) is 2.62. The quantitative estimate of drug-likeness (QED) is 0.939. The first-order valence-corrected chi connectivity index (χ1v) is 6.43. The van der Waals surface area contributed by atoms with E-state index in [9.17, 15) is 4.79 Å². The van der Waals surface area contributed by atoms with Crippen LogP contribution in [0.3, 0.4) is 0 Å². The van der Waals surface area contributed by atoms with Crippen LogP contribution in [0.1, 0.15) is 10.5 Å². The third kappa shape index (κ3) is 2.64. The van der Waals surface area contributed by atoms with Gasteiger partial charge in [-0.25, -0.2) is 9.78 Å². The van der Waals surface area contributed by atoms with Crippen molar-refractivity contribution in [2.24, 2.45) is 0 Å². The predicted octanol–water partition coefficient (Wildman–Crippen LogP) is 3.18. The molecule has 0 amide bonds. The van der Waals surface area contributed by atoms with Crippen LogP contribution >= 0.6 is 22.9 Å². The van der Waals surface area contributed by atoms with Gasteiger partial charge in [0, 0.05) is 10.9 Å². The monoisotopic (exact) mass is 299 g/mol. The lowest BCUT2D eigenvalue weighted by Gasteiger charge is -2.10. The summed E-state index contributed by atoms with van der Waals surface area (Å²) in [5.41, 5.74) is 0.686. The first-order chi connectivity index (χ1) is 9.06. The molecule has 0 atom stereocenters. The number of carboxylic acids is 1. The molecular weight excluding hydrogens is 290 g/mol. The van der Waals surface area contributed by atoms with Crippen molar-refractivity contribution in [1.29, 1.82) is 0 Å². The minimum absolute atomic E-state index is 0.00547. The third-order valence-corrected chi connectivity index (χ3v) is 3.58. The van der Waals surface area contributed by atoms with Crippen LogP contribution in [-0.4, -0.2) is 30.3 Å². The molecule has 0 bridgehead atoms. The van der Waals surface area contributed by atoms with E-state index in [1.165, 1.54) is 30.9 Å². The number of hydrogen-bond acceptors (Lipinski definition) is 5. The van der Waals surface area contributed by atoms with Crippen LogP contribution < -0.4 is 9.47 Å². The summed E-state index contributed by atoms with van der Waals surface area (Å²) in [4.78, 5) is 14.8. The molecule has 0 saturated carbocycles. The second-order valence-electron chi connectivity index (χ2n) is 3.54. The van der Waals surface area contributed by atoms with Gasteiger partial charge in [0.05, 0.1) is 19.2 Å². The number of hydrogen-bond donors (Lipinski definition) is 1. The second-order valence-corrected chi connectivity index (χ2v) is 4.80. The van der Waals surface area contributed by atoms with E-state index >= 15 is 0 Å².